The lowest BCUT2D eigenvalue weighted by Gasteiger charge is -2.16. The molecule has 0 aliphatic rings. The van der Waals surface area contributed by atoms with Crippen molar-refractivity contribution in [3.05, 3.63) is 36.0 Å². The first kappa shape index (κ1) is 16.5. The van der Waals surface area contributed by atoms with E-state index in [0.717, 1.165) is 22.9 Å². The third-order valence-corrected chi connectivity index (χ3v) is 3.45. The Bertz CT molecular complexity index is 567. The number of hydrogen-bond donors (Lipinski definition) is 3. The second kappa shape index (κ2) is 7.31. The summed E-state index contributed by atoms with van der Waals surface area (Å²) in [4.78, 5) is 15.1. The number of nitrogens with two attached hydrogens (primary N) is 1. The summed E-state index contributed by atoms with van der Waals surface area (Å²) in [6.45, 7) is 4.02. The Labute approximate surface area is 125 Å². The Morgan fingerprint density at radius 2 is 2.10 bits per heavy atom. The summed E-state index contributed by atoms with van der Waals surface area (Å²) in [5, 5.41) is 4.05. The fourth-order valence-electron chi connectivity index (χ4n) is 2.08. The minimum absolute atomic E-state index is 0. The highest BCUT2D eigenvalue weighted by molar-refractivity contribution is 5.86. The number of rotatable bonds is 5. The van der Waals surface area contributed by atoms with Crippen LogP contribution >= 0.6 is 12.4 Å². The zero-order chi connectivity index (χ0) is 13.8. The van der Waals surface area contributed by atoms with Gasteiger partial charge in [-0.2, -0.15) is 0 Å². The molecule has 2 rings (SSSR count). The molecule has 110 valence electrons. The summed E-state index contributed by atoms with van der Waals surface area (Å²) < 4.78 is 0. The van der Waals surface area contributed by atoms with Gasteiger partial charge in [-0.1, -0.05) is 25.1 Å². The molecule has 0 spiro atoms. The van der Waals surface area contributed by atoms with Crippen LogP contribution in [0.5, 0.6) is 0 Å². The lowest BCUT2D eigenvalue weighted by molar-refractivity contribution is -0.122. The molecule has 4 nitrogen and oxygen atoms in total. The number of para-hydroxylation sites is 1. The Balaban J connectivity index is 0.00000200. The zero-order valence-corrected chi connectivity index (χ0v) is 12.7. The highest BCUT2D eigenvalue weighted by Crippen LogP contribution is 2.18. The Kier molecular flexibility index (Phi) is 6.05. The minimum Gasteiger partial charge on any atom is -0.361 e. The smallest absolute Gasteiger partial charge is 0.237 e. The largest absolute Gasteiger partial charge is 0.361 e. The molecule has 2 atom stereocenters. The van der Waals surface area contributed by atoms with E-state index in [4.69, 9.17) is 5.73 Å². The Morgan fingerprint density at radius 3 is 2.80 bits per heavy atom. The van der Waals surface area contributed by atoms with Gasteiger partial charge in [-0.25, -0.2) is 0 Å². The maximum Gasteiger partial charge on any atom is 0.237 e. The minimum atomic E-state index is -0.506. The highest BCUT2D eigenvalue weighted by atomic mass is 35.5. The number of H-pyrrole nitrogens is 1. The number of aromatic nitrogens is 1. The van der Waals surface area contributed by atoms with E-state index >= 15 is 0 Å². The van der Waals surface area contributed by atoms with Crippen LogP contribution in [0.15, 0.2) is 30.5 Å². The van der Waals surface area contributed by atoms with Crippen LogP contribution in [0.1, 0.15) is 25.8 Å². The van der Waals surface area contributed by atoms with Crippen LogP contribution in [0.3, 0.4) is 0 Å². The van der Waals surface area contributed by atoms with E-state index in [2.05, 4.69) is 10.3 Å². The molecule has 5 heteroatoms. The summed E-state index contributed by atoms with van der Waals surface area (Å²) in [5.41, 5.74) is 8.14. The van der Waals surface area contributed by atoms with E-state index in [1.807, 2.05) is 44.3 Å². The number of carbonyl (C=O) groups is 1. The van der Waals surface area contributed by atoms with Crippen LogP contribution in [-0.2, 0) is 11.2 Å². The molecule has 1 unspecified atom stereocenters. The third-order valence-electron chi connectivity index (χ3n) is 3.45. The normalized spacial score (nSPS) is 13.6. The van der Waals surface area contributed by atoms with Gasteiger partial charge in [-0.05, 0) is 31.4 Å². The first-order valence-corrected chi connectivity index (χ1v) is 6.72. The third kappa shape index (κ3) is 3.74. The molecule has 0 aliphatic heterocycles. The summed E-state index contributed by atoms with van der Waals surface area (Å²) in [6.07, 6.45) is 3.39. The number of amides is 1. The van der Waals surface area contributed by atoms with Crippen molar-refractivity contribution in [2.75, 3.05) is 0 Å². The number of hydrogen-bond acceptors (Lipinski definition) is 2. The Hall–Kier alpha value is -1.52. The lowest BCUT2D eigenvalue weighted by atomic mass is 10.0. The van der Waals surface area contributed by atoms with Crippen molar-refractivity contribution >= 4 is 29.2 Å². The van der Waals surface area contributed by atoms with Crippen molar-refractivity contribution < 1.29 is 4.79 Å². The maximum atomic E-state index is 11.9. The van der Waals surface area contributed by atoms with Crippen LogP contribution in [0.4, 0.5) is 0 Å². The first-order valence-electron chi connectivity index (χ1n) is 6.72. The monoisotopic (exact) mass is 295 g/mol. The molecule has 2 aromatic rings. The molecular formula is C15H22ClN3O. The standard InChI is InChI=1S/C15H21N3O.ClH/c1-3-10(2)18-15(19)13(16)8-11-9-17-14-7-5-4-6-12(11)14;/h4-7,9-10,13,17H,3,8,16H2,1-2H3,(H,18,19);1H/t10?,13-;/m0./s1. The summed E-state index contributed by atoms with van der Waals surface area (Å²) in [5.74, 6) is -0.0837. The van der Waals surface area contributed by atoms with Gasteiger partial charge in [0.2, 0.25) is 5.91 Å². The molecule has 4 N–H and O–H groups in total. The van der Waals surface area contributed by atoms with Crippen molar-refractivity contribution in [2.45, 2.75) is 38.8 Å². The molecule has 20 heavy (non-hydrogen) atoms. The number of carbonyl (C=O) groups excluding carboxylic acids is 1. The molecule has 0 saturated heterocycles. The number of nitrogens with one attached hydrogen (secondary N) is 2. The second-order valence-corrected chi connectivity index (χ2v) is 4.99. The summed E-state index contributed by atoms with van der Waals surface area (Å²) >= 11 is 0. The number of aromatic amines is 1. The molecule has 0 fully saturated rings. The fraction of sp³-hybridized carbons (Fsp3) is 0.400. The number of fused-ring (bicyclic) bond motifs is 1. The van der Waals surface area contributed by atoms with Gasteiger partial charge in [0.15, 0.2) is 0 Å². The van der Waals surface area contributed by atoms with Gasteiger partial charge in [0.05, 0.1) is 6.04 Å². The molecule has 0 bridgehead atoms. The predicted molar refractivity (Wildman–Crippen MR) is 85.1 cm³/mol. The average Bonchev–Trinajstić information content (AvgIpc) is 2.82. The van der Waals surface area contributed by atoms with Gasteiger partial charge in [0.25, 0.3) is 0 Å². The molecule has 1 heterocycles. The molecule has 1 aromatic heterocycles. The van der Waals surface area contributed by atoms with Crippen molar-refractivity contribution in [2.24, 2.45) is 5.73 Å². The predicted octanol–water partition coefficient (Wildman–Crippen LogP) is 2.37. The summed E-state index contributed by atoms with van der Waals surface area (Å²) in [7, 11) is 0. The zero-order valence-electron chi connectivity index (χ0n) is 11.8. The number of halogens is 1. The van der Waals surface area contributed by atoms with Gasteiger partial charge in [0.1, 0.15) is 0 Å². The van der Waals surface area contributed by atoms with E-state index < -0.39 is 6.04 Å². The van der Waals surface area contributed by atoms with Gasteiger partial charge in [-0.3, -0.25) is 4.79 Å². The van der Waals surface area contributed by atoms with Crippen molar-refractivity contribution in [3.8, 4) is 0 Å². The topological polar surface area (TPSA) is 70.9 Å². The quantitative estimate of drug-likeness (QED) is 0.792. The molecule has 0 saturated carbocycles. The van der Waals surface area contributed by atoms with Gasteiger partial charge >= 0.3 is 0 Å². The molecule has 1 aromatic carbocycles. The fourth-order valence-corrected chi connectivity index (χ4v) is 2.08. The van der Waals surface area contributed by atoms with Crippen LogP contribution in [0, 0.1) is 0 Å². The van der Waals surface area contributed by atoms with E-state index in [1.54, 1.807) is 0 Å². The van der Waals surface area contributed by atoms with Gasteiger partial charge < -0.3 is 16.0 Å². The number of benzene rings is 1. The molecule has 1 amide bonds. The van der Waals surface area contributed by atoms with Crippen LogP contribution in [0.2, 0.25) is 0 Å². The van der Waals surface area contributed by atoms with E-state index in [-0.39, 0.29) is 24.4 Å². The van der Waals surface area contributed by atoms with Gasteiger partial charge in [0, 0.05) is 23.1 Å². The molecule has 0 radical (unpaired) electrons. The first-order chi connectivity index (χ1) is 9.11. The van der Waals surface area contributed by atoms with Crippen LogP contribution in [-0.4, -0.2) is 23.0 Å². The molecule has 0 aliphatic carbocycles. The average molecular weight is 296 g/mol. The summed E-state index contributed by atoms with van der Waals surface area (Å²) in [6, 6.07) is 7.70. The maximum absolute atomic E-state index is 11.9. The van der Waals surface area contributed by atoms with Crippen molar-refractivity contribution in [3.63, 3.8) is 0 Å². The van der Waals surface area contributed by atoms with Crippen LogP contribution in [0.25, 0.3) is 10.9 Å². The van der Waals surface area contributed by atoms with E-state index in [0.29, 0.717) is 6.42 Å². The van der Waals surface area contributed by atoms with Crippen LogP contribution < -0.4 is 11.1 Å². The van der Waals surface area contributed by atoms with E-state index in [9.17, 15) is 4.79 Å². The Morgan fingerprint density at radius 1 is 1.40 bits per heavy atom. The van der Waals surface area contributed by atoms with Crippen molar-refractivity contribution in [1.29, 1.82) is 0 Å². The SMILES string of the molecule is CCC(C)NC(=O)[C@@H](N)Cc1c[nH]c2ccccc12.Cl. The van der Waals surface area contributed by atoms with Crippen molar-refractivity contribution in [1.82, 2.24) is 10.3 Å². The second-order valence-electron chi connectivity index (χ2n) is 4.99. The molecular weight excluding hydrogens is 274 g/mol. The lowest BCUT2D eigenvalue weighted by Crippen LogP contribution is -2.45. The van der Waals surface area contributed by atoms with E-state index in [1.165, 1.54) is 0 Å². The highest BCUT2D eigenvalue weighted by Gasteiger charge is 2.17. The van der Waals surface area contributed by atoms with Gasteiger partial charge in [-0.15, -0.1) is 12.4 Å².